The Hall–Kier alpha value is -1.05. The van der Waals surface area contributed by atoms with Crippen LogP contribution >= 0.6 is 0 Å². The molecule has 0 heterocycles. The molecule has 2 heteroatoms. The van der Waals surface area contributed by atoms with Crippen LogP contribution in [0.25, 0.3) is 0 Å². The number of rotatable bonds is 16. The molecular formula is C20H36O2. The molecule has 1 N–H and O–H groups in total. The Balaban J connectivity index is 3.11. The van der Waals surface area contributed by atoms with Gasteiger partial charge in [0.15, 0.2) is 0 Å². The lowest BCUT2D eigenvalue weighted by atomic mass is 10.1. The molecule has 0 fully saturated rings. The molecule has 0 aromatic carbocycles. The first-order valence-electron chi connectivity index (χ1n) is 9.29. The second-order valence-corrected chi connectivity index (χ2v) is 6.07. The normalized spacial score (nSPS) is 11.7. The van der Waals surface area contributed by atoms with Crippen molar-refractivity contribution in [3.63, 3.8) is 0 Å². The van der Waals surface area contributed by atoms with E-state index in [1.807, 2.05) is 6.08 Å². The molecule has 0 aliphatic rings. The highest BCUT2D eigenvalue weighted by Crippen LogP contribution is 2.10. The number of allylic oxidation sites excluding steroid dienone is 4. The van der Waals surface area contributed by atoms with Gasteiger partial charge in [-0.1, -0.05) is 76.2 Å². The van der Waals surface area contributed by atoms with Crippen LogP contribution in [-0.2, 0) is 4.79 Å². The molecular weight excluding hydrogens is 272 g/mol. The first-order chi connectivity index (χ1) is 10.8. The van der Waals surface area contributed by atoms with Crippen LogP contribution in [0.4, 0.5) is 0 Å². The number of carboxylic acid groups (broad SMARTS) is 1. The van der Waals surface area contributed by atoms with Crippen LogP contribution in [0.15, 0.2) is 24.3 Å². The zero-order valence-corrected chi connectivity index (χ0v) is 14.6. The molecule has 0 spiro atoms. The van der Waals surface area contributed by atoms with Crippen molar-refractivity contribution >= 4 is 5.97 Å². The minimum atomic E-state index is -0.707. The lowest BCUT2D eigenvalue weighted by Crippen LogP contribution is -1.91. The fourth-order valence-corrected chi connectivity index (χ4v) is 2.41. The van der Waals surface area contributed by atoms with Crippen molar-refractivity contribution in [1.29, 1.82) is 0 Å². The third kappa shape index (κ3) is 18.9. The Labute approximate surface area is 137 Å². The van der Waals surface area contributed by atoms with Gasteiger partial charge in [0.2, 0.25) is 0 Å². The third-order valence-electron chi connectivity index (χ3n) is 3.82. The van der Waals surface area contributed by atoms with Crippen LogP contribution in [0.2, 0.25) is 0 Å². The molecule has 0 radical (unpaired) electrons. The van der Waals surface area contributed by atoms with Crippen molar-refractivity contribution in [2.45, 2.75) is 96.8 Å². The Morgan fingerprint density at radius 2 is 1.09 bits per heavy atom. The highest BCUT2D eigenvalue weighted by atomic mass is 16.4. The Morgan fingerprint density at radius 3 is 1.55 bits per heavy atom. The average Bonchev–Trinajstić information content (AvgIpc) is 2.50. The molecule has 0 aromatic heterocycles. The van der Waals surface area contributed by atoms with Gasteiger partial charge in [-0.05, 0) is 38.5 Å². The molecule has 22 heavy (non-hydrogen) atoms. The first kappa shape index (κ1) is 20.9. The summed E-state index contributed by atoms with van der Waals surface area (Å²) in [5.74, 6) is -0.707. The van der Waals surface area contributed by atoms with E-state index in [0.717, 1.165) is 6.42 Å². The van der Waals surface area contributed by atoms with Crippen LogP contribution in [0, 0.1) is 0 Å². The number of unbranched alkanes of at least 4 members (excludes halogenated alkanes) is 10. The molecule has 0 aromatic rings. The van der Waals surface area contributed by atoms with Gasteiger partial charge in [0, 0.05) is 6.42 Å². The summed E-state index contributed by atoms with van der Waals surface area (Å²) in [6.07, 6.45) is 25.3. The van der Waals surface area contributed by atoms with Gasteiger partial charge in [0.1, 0.15) is 0 Å². The summed E-state index contributed by atoms with van der Waals surface area (Å²) in [6.45, 7) is 2.24. The van der Waals surface area contributed by atoms with Crippen molar-refractivity contribution in [1.82, 2.24) is 0 Å². The lowest BCUT2D eigenvalue weighted by molar-refractivity contribution is -0.136. The maximum Gasteiger partial charge on any atom is 0.303 e. The minimum absolute atomic E-state index is 0.254. The van der Waals surface area contributed by atoms with Crippen molar-refractivity contribution in [3.05, 3.63) is 24.3 Å². The van der Waals surface area contributed by atoms with E-state index in [1.165, 1.54) is 70.6 Å². The van der Waals surface area contributed by atoms with Gasteiger partial charge in [-0.2, -0.15) is 0 Å². The molecule has 0 aliphatic heterocycles. The fraction of sp³-hybridized carbons (Fsp3) is 0.750. The molecule has 0 saturated heterocycles. The summed E-state index contributed by atoms with van der Waals surface area (Å²) in [5, 5.41) is 8.50. The van der Waals surface area contributed by atoms with Crippen LogP contribution in [0.5, 0.6) is 0 Å². The molecule has 0 bridgehead atoms. The molecule has 2 nitrogen and oxygen atoms in total. The summed E-state index contributed by atoms with van der Waals surface area (Å²) < 4.78 is 0. The van der Waals surface area contributed by atoms with Gasteiger partial charge in [-0.25, -0.2) is 0 Å². The lowest BCUT2D eigenvalue weighted by Gasteiger charge is -2.00. The third-order valence-corrected chi connectivity index (χ3v) is 3.82. The van der Waals surface area contributed by atoms with E-state index in [2.05, 4.69) is 25.2 Å². The Bertz CT molecular complexity index is 292. The van der Waals surface area contributed by atoms with Crippen LogP contribution in [0.1, 0.15) is 96.8 Å². The van der Waals surface area contributed by atoms with Gasteiger partial charge < -0.3 is 5.11 Å². The van der Waals surface area contributed by atoms with Gasteiger partial charge in [-0.3, -0.25) is 4.79 Å². The van der Waals surface area contributed by atoms with Crippen molar-refractivity contribution in [2.75, 3.05) is 0 Å². The second kappa shape index (κ2) is 18.0. The summed E-state index contributed by atoms with van der Waals surface area (Å²) in [4.78, 5) is 10.3. The topological polar surface area (TPSA) is 37.3 Å². The van der Waals surface area contributed by atoms with Gasteiger partial charge >= 0.3 is 5.97 Å². The number of hydrogen-bond acceptors (Lipinski definition) is 1. The highest BCUT2D eigenvalue weighted by molar-refractivity contribution is 5.66. The smallest absolute Gasteiger partial charge is 0.303 e. The van der Waals surface area contributed by atoms with E-state index in [-0.39, 0.29) is 6.42 Å². The zero-order valence-electron chi connectivity index (χ0n) is 14.6. The first-order valence-corrected chi connectivity index (χ1v) is 9.29. The Kier molecular flexibility index (Phi) is 17.1. The number of aliphatic carboxylic acids is 1. The van der Waals surface area contributed by atoms with E-state index in [0.29, 0.717) is 6.42 Å². The van der Waals surface area contributed by atoms with Gasteiger partial charge in [0.25, 0.3) is 0 Å². The second-order valence-electron chi connectivity index (χ2n) is 6.07. The molecule has 0 atom stereocenters. The molecule has 0 rings (SSSR count). The van der Waals surface area contributed by atoms with Crippen LogP contribution in [-0.4, -0.2) is 11.1 Å². The summed E-state index contributed by atoms with van der Waals surface area (Å²) in [6, 6.07) is 0. The molecule has 128 valence electrons. The standard InChI is InChI=1S/C20H36O2/c1-2-3-4-5-6-7-8-9-10-11-12-13-14-15-16-17-18-19-20(21)22/h5-6,16-17H,2-4,7-15,18-19H2,1H3,(H,21,22)/b6-5+,17-16-. The predicted molar refractivity (Wildman–Crippen MR) is 96.2 cm³/mol. The molecule has 0 amide bonds. The minimum Gasteiger partial charge on any atom is -0.481 e. The number of carboxylic acids is 1. The average molecular weight is 309 g/mol. The maximum absolute atomic E-state index is 10.3. The van der Waals surface area contributed by atoms with E-state index in [4.69, 9.17) is 5.11 Å². The zero-order chi connectivity index (χ0) is 16.3. The van der Waals surface area contributed by atoms with Crippen molar-refractivity contribution in [3.8, 4) is 0 Å². The number of carbonyl (C=O) groups is 1. The largest absolute Gasteiger partial charge is 0.481 e. The number of hydrogen-bond donors (Lipinski definition) is 1. The molecule has 0 aliphatic carbocycles. The van der Waals surface area contributed by atoms with Crippen LogP contribution in [0.3, 0.4) is 0 Å². The fourth-order valence-electron chi connectivity index (χ4n) is 2.41. The summed E-state index contributed by atoms with van der Waals surface area (Å²) >= 11 is 0. The summed E-state index contributed by atoms with van der Waals surface area (Å²) in [5.41, 5.74) is 0. The summed E-state index contributed by atoms with van der Waals surface area (Å²) in [7, 11) is 0. The van der Waals surface area contributed by atoms with E-state index in [9.17, 15) is 4.79 Å². The monoisotopic (exact) mass is 308 g/mol. The van der Waals surface area contributed by atoms with Crippen LogP contribution < -0.4 is 0 Å². The van der Waals surface area contributed by atoms with Gasteiger partial charge in [-0.15, -0.1) is 0 Å². The highest BCUT2D eigenvalue weighted by Gasteiger charge is 1.92. The molecule has 0 unspecified atom stereocenters. The van der Waals surface area contributed by atoms with Crippen molar-refractivity contribution < 1.29 is 9.90 Å². The molecule has 0 saturated carbocycles. The van der Waals surface area contributed by atoms with Crippen molar-refractivity contribution in [2.24, 2.45) is 0 Å². The Morgan fingerprint density at radius 1 is 0.682 bits per heavy atom. The van der Waals surface area contributed by atoms with E-state index >= 15 is 0 Å². The quantitative estimate of drug-likeness (QED) is 0.255. The SMILES string of the molecule is CCCC/C=C/CCCCCCCCC/C=C\CCC(=O)O. The van der Waals surface area contributed by atoms with E-state index < -0.39 is 5.97 Å². The van der Waals surface area contributed by atoms with Gasteiger partial charge in [0.05, 0.1) is 0 Å². The maximum atomic E-state index is 10.3. The predicted octanol–water partition coefficient (Wildman–Crippen LogP) is 6.66. The van der Waals surface area contributed by atoms with E-state index in [1.54, 1.807) is 0 Å².